The molecule has 1 aromatic rings. The smallest absolute Gasteiger partial charge is 0.268 e. The zero-order valence-corrected chi connectivity index (χ0v) is 10.6. The fourth-order valence-electron chi connectivity index (χ4n) is 1.12. The Morgan fingerprint density at radius 3 is 2.25 bits per heavy atom. The van der Waals surface area contributed by atoms with E-state index in [1.807, 2.05) is 0 Å². The van der Waals surface area contributed by atoms with Crippen LogP contribution in [0.15, 0.2) is 11.0 Å². The molecule has 0 spiro atoms. The van der Waals surface area contributed by atoms with E-state index >= 15 is 0 Å². The molecule has 1 aromatic carbocycles. The number of ether oxygens (including phenoxy) is 2. The van der Waals surface area contributed by atoms with Gasteiger partial charge in [0.25, 0.3) is 9.05 Å². The fourth-order valence-corrected chi connectivity index (χ4v) is 2.59. The molecule has 0 saturated heterocycles. The molecule has 0 N–H and O–H groups in total. The zero-order valence-electron chi connectivity index (χ0n) is 8.25. The molecule has 0 saturated carbocycles. The monoisotopic (exact) mass is 288 g/mol. The van der Waals surface area contributed by atoms with Crippen molar-refractivity contribution in [2.75, 3.05) is 14.2 Å². The highest BCUT2D eigenvalue weighted by Gasteiger charge is 2.28. The molecule has 0 atom stereocenters. The lowest BCUT2D eigenvalue weighted by atomic mass is 10.3. The number of hydrogen-bond acceptors (Lipinski definition) is 4. The standard InChI is InChI=1S/C8H7Cl2FO4S/c1-14-5-3-4(9)7(15-2)8(6(5)11)16(10,12)13/h3H,1-2H3. The van der Waals surface area contributed by atoms with E-state index in [0.717, 1.165) is 13.2 Å². The molecule has 0 bridgehead atoms. The van der Waals surface area contributed by atoms with E-state index in [1.54, 1.807) is 0 Å². The summed E-state index contributed by atoms with van der Waals surface area (Å²) in [7, 11) is 3.09. The average Bonchev–Trinajstić information content (AvgIpc) is 2.18. The molecule has 4 nitrogen and oxygen atoms in total. The van der Waals surface area contributed by atoms with Crippen molar-refractivity contribution in [3.8, 4) is 11.5 Å². The minimum absolute atomic E-state index is 0.111. The summed E-state index contributed by atoms with van der Waals surface area (Å²) >= 11 is 5.70. The van der Waals surface area contributed by atoms with Gasteiger partial charge in [-0.3, -0.25) is 0 Å². The molecular formula is C8H7Cl2FO4S. The Morgan fingerprint density at radius 2 is 1.88 bits per heavy atom. The largest absolute Gasteiger partial charge is 0.494 e. The van der Waals surface area contributed by atoms with Crippen molar-refractivity contribution in [1.29, 1.82) is 0 Å². The summed E-state index contributed by atoms with van der Waals surface area (Å²) in [6, 6.07) is 1.10. The zero-order chi connectivity index (χ0) is 12.5. The van der Waals surface area contributed by atoms with Crippen molar-refractivity contribution in [3.05, 3.63) is 16.9 Å². The lowest BCUT2D eigenvalue weighted by Crippen LogP contribution is -2.03. The molecule has 90 valence electrons. The van der Waals surface area contributed by atoms with Gasteiger partial charge in [0.2, 0.25) is 0 Å². The van der Waals surface area contributed by atoms with Gasteiger partial charge in [-0.05, 0) is 0 Å². The third-order valence-corrected chi connectivity index (χ3v) is 3.36. The second-order valence-electron chi connectivity index (χ2n) is 2.67. The molecule has 0 radical (unpaired) electrons. The Bertz CT molecular complexity index is 515. The van der Waals surface area contributed by atoms with Crippen molar-refractivity contribution >= 4 is 31.3 Å². The van der Waals surface area contributed by atoms with E-state index < -0.39 is 19.8 Å². The van der Waals surface area contributed by atoms with Crippen LogP contribution in [0.4, 0.5) is 4.39 Å². The maximum absolute atomic E-state index is 13.7. The van der Waals surface area contributed by atoms with Gasteiger partial charge in [0.1, 0.15) is 0 Å². The number of halogens is 3. The molecule has 0 aliphatic rings. The van der Waals surface area contributed by atoms with Crippen molar-refractivity contribution < 1.29 is 22.3 Å². The van der Waals surface area contributed by atoms with Gasteiger partial charge in [0, 0.05) is 16.7 Å². The van der Waals surface area contributed by atoms with Crippen LogP contribution in [0.3, 0.4) is 0 Å². The van der Waals surface area contributed by atoms with Gasteiger partial charge >= 0.3 is 0 Å². The molecule has 0 fully saturated rings. The lowest BCUT2D eigenvalue weighted by Gasteiger charge is -2.11. The summed E-state index contributed by atoms with van der Waals surface area (Å²) in [5, 5.41) is -0.111. The highest BCUT2D eigenvalue weighted by molar-refractivity contribution is 8.13. The van der Waals surface area contributed by atoms with Crippen LogP contribution in [0.25, 0.3) is 0 Å². The SMILES string of the molecule is COc1cc(Cl)c(OC)c(S(=O)(=O)Cl)c1F. The summed E-state index contributed by atoms with van der Waals surface area (Å²) in [6.45, 7) is 0. The van der Waals surface area contributed by atoms with Crippen molar-refractivity contribution in [2.45, 2.75) is 4.90 Å². The highest BCUT2D eigenvalue weighted by Crippen LogP contribution is 2.40. The Labute approximate surface area is 101 Å². The van der Waals surface area contributed by atoms with Gasteiger partial charge in [-0.2, -0.15) is 0 Å². The minimum atomic E-state index is -4.32. The number of hydrogen-bond donors (Lipinski definition) is 0. The van der Waals surface area contributed by atoms with Crippen LogP contribution in [-0.4, -0.2) is 22.6 Å². The molecule has 0 amide bonds. The van der Waals surface area contributed by atoms with Crippen LogP contribution in [0.2, 0.25) is 5.02 Å². The van der Waals surface area contributed by atoms with Gasteiger partial charge < -0.3 is 9.47 Å². The first-order chi connectivity index (χ1) is 7.32. The molecular weight excluding hydrogens is 282 g/mol. The van der Waals surface area contributed by atoms with Crippen LogP contribution in [0.5, 0.6) is 11.5 Å². The van der Waals surface area contributed by atoms with Crippen LogP contribution in [0.1, 0.15) is 0 Å². The predicted molar refractivity (Wildman–Crippen MR) is 57.6 cm³/mol. The van der Waals surface area contributed by atoms with E-state index in [4.69, 9.17) is 27.0 Å². The van der Waals surface area contributed by atoms with Gasteiger partial charge in [0.15, 0.2) is 22.2 Å². The van der Waals surface area contributed by atoms with Gasteiger partial charge in [0.05, 0.1) is 19.2 Å². The number of rotatable bonds is 3. The topological polar surface area (TPSA) is 52.6 Å². The maximum Gasteiger partial charge on any atom is 0.268 e. The Balaban J connectivity index is 3.73. The molecule has 0 unspecified atom stereocenters. The summed E-state index contributed by atoms with van der Waals surface area (Å²) in [6.07, 6.45) is 0. The van der Waals surface area contributed by atoms with E-state index in [-0.39, 0.29) is 16.5 Å². The van der Waals surface area contributed by atoms with Crippen molar-refractivity contribution in [2.24, 2.45) is 0 Å². The highest BCUT2D eigenvalue weighted by atomic mass is 35.7. The first kappa shape index (κ1) is 13.3. The third kappa shape index (κ3) is 2.34. The third-order valence-electron chi connectivity index (χ3n) is 1.76. The van der Waals surface area contributed by atoms with E-state index in [9.17, 15) is 12.8 Å². The second-order valence-corrected chi connectivity index (χ2v) is 5.58. The van der Waals surface area contributed by atoms with Crippen LogP contribution < -0.4 is 9.47 Å². The first-order valence-electron chi connectivity index (χ1n) is 3.87. The van der Waals surface area contributed by atoms with Crippen LogP contribution >= 0.6 is 22.3 Å². The molecule has 8 heteroatoms. The Morgan fingerprint density at radius 1 is 1.31 bits per heavy atom. The van der Waals surface area contributed by atoms with Gasteiger partial charge in [-0.1, -0.05) is 11.6 Å². The predicted octanol–water partition coefficient (Wildman–Crippen LogP) is 2.42. The first-order valence-corrected chi connectivity index (χ1v) is 6.56. The molecule has 0 aliphatic carbocycles. The molecule has 16 heavy (non-hydrogen) atoms. The summed E-state index contributed by atoms with van der Waals surface area (Å²) in [5.74, 6) is -1.82. The van der Waals surface area contributed by atoms with Crippen LogP contribution in [-0.2, 0) is 9.05 Å². The Kier molecular flexibility index (Phi) is 3.88. The molecule has 1 rings (SSSR count). The molecule has 0 aromatic heterocycles. The van der Waals surface area contributed by atoms with Gasteiger partial charge in [-0.15, -0.1) is 0 Å². The minimum Gasteiger partial charge on any atom is -0.494 e. The maximum atomic E-state index is 13.7. The van der Waals surface area contributed by atoms with Gasteiger partial charge in [-0.25, -0.2) is 12.8 Å². The van der Waals surface area contributed by atoms with Crippen LogP contribution in [0, 0.1) is 5.82 Å². The average molecular weight is 289 g/mol. The second kappa shape index (κ2) is 4.65. The van der Waals surface area contributed by atoms with E-state index in [0.29, 0.717) is 0 Å². The lowest BCUT2D eigenvalue weighted by molar-refractivity contribution is 0.363. The normalized spacial score (nSPS) is 11.3. The summed E-state index contributed by atoms with van der Waals surface area (Å²) < 4.78 is 45.4. The molecule has 0 aliphatic heterocycles. The van der Waals surface area contributed by atoms with Crippen molar-refractivity contribution in [1.82, 2.24) is 0 Å². The Hall–Kier alpha value is -0.720. The van der Waals surface area contributed by atoms with E-state index in [1.165, 1.54) is 7.11 Å². The number of methoxy groups -OCH3 is 2. The number of benzene rings is 1. The van der Waals surface area contributed by atoms with E-state index in [2.05, 4.69) is 4.74 Å². The molecule has 0 heterocycles. The fraction of sp³-hybridized carbons (Fsp3) is 0.250. The van der Waals surface area contributed by atoms with Crippen molar-refractivity contribution in [3.63, 3.8) is 0 Å². The quantitative estimate of drug-likeness (QED) is 0.802. The summed E-state index contributed by atoms with van der Waals surface area (Å²) in [5.41, 5.74) is 0. The summed E-state index contributed by atoms with van der Waals surface area (Å²) in [4.78, 5) is -0.832.